The minimum Gasteiger partial charge on any atom is -0.462 e. The van der Waals surface area contributed by atoms with Crippen molar-refractivity contribution in [1.29, 1.82) is 0 Å². The molecular weight excluding hydrogens is 965 g/mol. The van der Waals surface area contributed by atoms with Crippen LogP contribution in [-0.2, 0) is 60.2 Å². The minimum atomic E-state index is -2.79. The van der Waals surface area contributed by atoms with Crippen LogP contribution in [0.2, 0.25) is 156 Å². The van der Waals surface area contributed by atoms with E-state index < -0.39 is 93.7 Å². The van der Waals surface area contributed by atoms with Crippen molar-refractivity contribution in [2.75, 3.05) is 13.2 Å². The highest BCUT2D eigenvalue weighted by atomic mass is 28.5. The van der Waals surface area contributed by atoms with Gasteiger partial charge in [-0.2, -0.15) is 0 Å². The van der Waals surface area contributed by atoms with E-state index in [1.54, 1.807) is 13.8 Å². The third-order valence-electron chi connectivity index (χ3n) is 7.99. The van der Waals surface area contributed by atoms with E-state index in [4.69, 9.17) is 50.6 Å². The molecule has 0 saturated carbocycles. The predicted molar refractivity (Wildman–Crippen MR) is 274 cm³/mol. The fourth-order valence-corrected chi connectivity index (χ4v) is 64.1. The van der Waals surface area contributed by atoms with E-state index in [0.29, 0.717) is 24.4 Å². The molecule has 0 fully saturated rings. The lowest BCUT2D eigenvalue weighted by Gasteiger charge is -2.45. The Hall–Kier alpha value is 0.406. The highest BCUT2D eigenvalue weighted by molar-refractivity contribution is 6.93. The summed E-state index contributed by atoms with van der Waals surface area (Å²) in [7, 11) is -28.7. The van der Waals surface area contributed by atoms with Crippen LogP contribution in [-0.4, -0.2) is 119 Å². The fourth-order valence-electron chi connectivity index (χ4n) is 7.93. The second-order valence-electron chi connectivity index (χ2n) is 21.2. The van der Waals surface area contributed by atoms with Gasteiger partial charge in [0.15, 0.2) is 16.6 Å². The van der Waals surface area contributed by atoms with Gasteiger partial charge in [0.05, 0.1) is 13.2 Å². The van der Waals surface area contributed by atoms with Crippen LogP contribution in [0.1, 0.15) is 26.7 Å². The molecule has 0 aliphatic carbocycles. The Morgan fingerprint density at radius 2 is 0.492 bits per heavy atom. The van der Waals surface area contributed by atoms with E-state index in [9.17, 15) is 9.59 Å². The molecule has 0 aliphatic rings. The number of hydrogen-bond acceptors (Lipinski definition) is 14. The highest BCUT2D eigenvalue weighted by Crippen LogP contribution is 2.32. The topological polar surface area (TPSA) is 145 Å². The van der Waals surface area contributed by atoms with Crippen LogP contribution in [0.5, 0.6) is 0 Å². The summed E-state index contributed by atoms with van der Waals surface area (Å²) in [5.41, 5.74) is 0.797. The third kappa shape index (κ3) is 28.9. The van der Waals surface area contributed by atoms with E-state index in [2.05, 4.69) is 91.7 Å². The predicted octanol–water partition coefficient (Wildman–Crippen LogP) is 10.9. The summed E-state index contributed by atoms with van der Waals surface area (Å²) in [6, 6.07) is 1.67. The number of carbonyl (C=O) groups excluding carboxylic acids is 2. The number of hydrogen-bond donors (Lipinski definition) is 0. The van der Waals surface area contributed by atoms with Gasteiger partial charge in [-0.15, -0.1) is 0 Å². The first kappa shape index (κ1) is 61.4. The van der Waals surface area contributed by atoms with Crippen molar-refractivity contribution in [3.8, 4) is 0 Å². The summed E-state index contributed by atoms with van der Waals surface area (Å²) in [4.78, 5) is 23.5. The molecule has 0 aliphatic heterocycles. The van der Waals surface area contributed by atoms with Crippen molar-refractivity contribution in [3.63, 3.8) is 0 Å². The largest absolute Gasteiger partial charge is 0.462 e. The molecule has 0 amide bonds. The van der Waals surface area contributed by atoms with Crippen LogP contribution in [0.4, 0.5) is 0 Å². The molecule has 0 radical (unpaired) electrons. The maximum Gasteiger partial charge on any atom is 0.333 e. The molecule has 360 valence electrons. The zero-order valence-electron chi connectivity index (χ0n) is 42.9. The monoisotopic (exact) mass is 1050 g/mol. The average molecular weight is 1050 g/mol. The minimum absolute atomic E-state index is 0.343. The molecule has 0 bridgehead atoms. The van der Waals surface area contributed by atoms with Crippen LogP contribution in [0.25, 0.3) is 0 Å². The molecule has 25 heteroatoms. The van der Waals surface area contributed by atoms with Crippen LogP contribution in [0.15, 0.2) is 24.3 Å². The lowest BCUT2D eigenvalue weighted by Crippen LogP contribution is -2.62. The first-order valence-electron chi connectivity index (χ1n) is 21.4. The Balaban J connectivity index is 5.46. The van der Waals surface area contributed by atoms with Gasteiger partial charge in [-0.25, -0.2) is 9.59 Å². The molecule has 14 nitrogen and oxygen atoms in total. The van der Waals surface area contributed by atoms with E-state index >= 15 is 0 Å². The molecule has 0 aromatic heterocycles. The van der Waals surface area contributed by atoms with Crippen LogP contribution >= 0.6 is 0 Å². The number of carbonyl (C=O) groups is 2. The second kappa shape index (κ2) is 22.9. The van der Waals surface area contributed by atoms with Crippen molar-refractivity contribution in [1.82, 2.24) is 0 Å². The van der Waals surface area contributed by atoms with Gasteiger partial charge in [-0.1, -0.05) is 13.2 Å². The van der Waals surface area contributed by atoms with Gasteiger partial charge >= 0.3 is 89.0 Å². The Bertz CT molecular complexity index is 1380. The zero-order valence-corrected chi connectivity index (χ0v) is 53.9. The summed E-state index contributed by atoms with van der Waals surface area (Å²) < 4.78 is 78.4. The van der Waals surface area contributed by atoms with E-state index in [1.165, 1.54) is 0 Å². The number of esters is 2. The van der Waals surface area contributed by atoms with Gasteiger partial charge in [0.2, 0.25) is 0 Å². The SMILES string of the molecule is C=C(C)C(=O)OCCC[Si](C)(C)O[Si](C)(C)O[Si](C)(C)O[Si](C)(C)O[Si](C)(C)O[Si](C)(C)O[Si](C)(C)O[Si](C)(C)O[Si](C)(C)O[Si](C)(C)O[Si](C)(C)CCCOC(=O)C(=C)C. The maximum absolute atomic E-state index is 11.8. The quantitative estimate of drug-likeness (QED) is 0.0291. The van der Waals surface area contributed by atoms with Gasteiger partial charge < -0.3 is 50.6 Å². The first-order valence-corrected chi connectivity index (χ1v) is 53.0. The lowest BCUT2D eigenvalue weighted by atomic mass is 10.4. The molecule has 0 saturated heterocycles. The second-order valence-corrected chi connectivity index (χ2v) is 62.6. The molecule has 0 aromatic carbocycles. The van der Waals surface area contributed by atoms with Crippen LogP contribution in [0, 0.1) is 0 Å². The Morgan fingerprint density at radius 1 is 0.328 bits per heavy atom. The van der Waals surface area contributed by atoms with Crippen LogP contribution in [0.3, 0.4) is 0 Å². The van der Waals surface area contributed by atoms with Crippen molar-refractivity contribution in [2.45, 2.75) is 183 Å². The van der Waals surface area contributed by atoms with Crippen LogP contribution < -0.4 is 0 Å². The Kier molecular flexibility index (Phi) is 23.1. The lowest BCUT2D eigenvalue weighted by molar-refractivity contribution is -0.139. The van der Waals surface area contributed by atoms with Crippen molar-refractivity contribution in [2.24, 2.45) is 0 Å². The number of rotatable bonds is 30. The smallest absolute Gasteiger partial charge is 0.333 e. The van der Waals surface area contributed by atoms with E-state index in [1.807, 2.05) is 65.5 Å². The van der Waals surface area contributed by atoms with E-state index in [0.717, 1.165) is 24.9 Å². The summed E-state index contributed by atoms with van der Waals surface area (Å²) in [6.45, 7) is 56.9. The van der Waals surface area contributed by atoms with Gasteiger partial charge in [-0.3, -0.25) is 0 Å². The summed E-state index contributed by atoms with van der Waals surface area (Å²) >= 11 is 0. The Labute approximate surface area is 383 Å². The molecule has 0 rings (SSSR count). The molecule has 0 spiro atoms. The van der Waals surface area contributed by atoms with Crippen molar-refractivity contribution >= 4 is 106 Å². The van der Waals surface area contributed by atoms with Crippen molar-refractivity contribution < 1.29 is 60.2 Å². The molecule has 0 atom stereocenters. The zero-order chi connectivity index (χ0) is 48.5. The average Bonchev–Trinajstić information content (AvgIpc) is 2.90. The molecule has 0 unspecified atom stereocenters. The molecule has 61 heavy (non-hydrogen) atoms. The molecule has 0 N–H and O–H groups in total. The summed E-state index contributed by atoms with van der Waals surface area (Å²) in [6.07, 6.45) is 1.45. The van der Waals surface area contributed by atoms with Gasteiger partial charge in [0.1, 0.15) is 0 Å². The van der Waals surface area contributed by atoms with Crippen molar-refractivity contribution in [3.05, 3.63) is 24.3 Å². The fraction of sp³-hybridized carbons (Fsp3) is 0.833. The summed E-state index contributed by atoms with van der Waals surface area (Å²) in [5, 5.41) is 0. The summed E-state index contributed by atoms with van der Waals surface area (Å²) in [5.74, 6) is -0.728. The van der Waals surface area contributed by atoms with E-state index in [-0.39, 0.29) is 11.9 Å². The maximum atomic E-state index is 11.8. The van der Waals surface area contributed by atoms with Gasteiger partial charge in [0.25, 0.3) is 0 Å². The first-order chi connectivity index (χ1) is 26.7. The van der Waals surface area contributed by atoms with Gasteiger partial charge in [-0.05, 0) is 183 Å². The molecule has 0 aromatic rings. The highest BCUT2D eigenvalue weighted by Gasteiger charge is 2.51. The standard InChI is InChI=1S/C36H88O14Si11/c1-33(2)35(37)39-29-27-31-51(5,6)41-53(9,10)43-55(13,14)45-57(17,18)47-59(21,22)49-61(25,26)50-60(23,24)48-58(19,20)46-56(15,16)44-54(11,12)42-52(7,8)32-28-30-40-36(38)34(3)4/h1,3,27-32H2,2,4-26H3. The molecular formula is C36H88O14Si11. The van der Waals surface area contributed by atoms with Gasteiger partial charge in [0, 0.05) is 11.1 Å². The molecule has 0 heterocycles. The number of ether oxygens (including phenoxy) is 2. The third-order valence-corrected chi connectivity index (χ3v) is 50.9. The normalized spacial score (nSPS) is 14.6. The Morgan fingerprint density at radius 3 is 0.656 bits per heavy atom.